The first kappa shape index (κ1) is 42.5. The maximum absolute atomic E-state index is 14.3. The molecule has 2 aliphatic rings. The van der Waals surface area contributed by atoms with Gasteiger partial charge in [-0.15, -0.1) is 0 Å². The average Bonchev–Trinajstić information content (AvgIpc) is 3.61. The molecule has 6 heteroatoms. The Morgan fingerprint density at radius 2 is 0.808 bits per heavy atom. The standard InChI is InChI=1S/C22H30NOP.C20H24ClP.C4H10O/c1-15-9-16(2)12-19(11-15)21-7-8-22(25(21,24)23(5)6)20-13-17(3)10-18(4)14-20;1-13-7-14(2)10-17(9-13)19-5-6-20(22(19)21)18-11-15(3)8-16(4)12-18;1-3-5-4-2/h9-14,21-22H,7-8H2,1-6H3;7-12,19-20H,5-6H2,1-4H3;3-4H2,1-2H3/t21-,22-;19-,20-;/m00./s1. The Labute approximate surface area is 322 Å². The second kappa shape index (κ2) is 18.9. The highest BCUT2D eigenvalue weighted by Gasteiger charge is 2.49. The molecular formula is C46H64ClNO2P2. The molecule has 0 aromatic heterocycles. The van der Waals surface area contributed by atoms with Gasteiger partial charge in [-0.2, -0.15) is 0 Å². The van der Waals surface area contributed by atoms with Gasteiger partial charge in [-0.1, -0.05) is 129 Å². The molecule has 0 amide bonds. The number of benzene rings is 4. The Balaban J connectivity index is 0.000000207. The van der Waals surface area contributed by atoms with Crippen LogP contribution in [0.2, 0.25) is 0 Å². The van der Waals surface area contributed by atoms with Crippen molar-refractivity contribution in [3.05, 3.63) is 140 Å². The fourth-order valence-electron chi connectivity index (χ4n) is 8.63. The van der Waals surface area contributed by atoms with Gasteiger partial charge >= 0.3 is 0 Å². The zero-order valence-electron chi connectivity index (χ0n) is 34.0. The van der Waals surface area contributed by atoms with Gasteiger partial charge in [-0.3, -0.25) is 4.67 Å². The highest BCUT2D eigenvalue weighted by molar-refractivity contribution is 7.84. The van der Waals surface area contributed by atoms with Crippen LogP contribution in [0.25, 0.3) is 0 Å². The molecule has 0 saturated carbocycles. The lowest BCUT2D eigenvalue weighted by Crippen LogP contribution is -2.15. The summed E-state index contributed by atoms with van der Waals surface area (Å²) in [5, 5.41) is 0. The number of hydrogen-bond acceptors (Lipinski definition) is 2. The summed E-state index contributed by atoms with van der Waals surface area (Å²) in [6, 6.07) is 27.1. The highest BCUT2D eigenvalue weighted by Crippen LogP contribution is 2.77. The molecule has 0 bridgehead atoms. The molecule has 2 fully saturated rings. The van der Waals surface area contributed by atoms with Crippen molar-refractivity contribution in [1.29, 1.82) is 0 Å². The summed E-state index contributed by atoms with van der Waals surface area (Å²) < 4.78 is 21.2. The monoisotopic (exact) mass is 759 g/mol. The van der Waals surface area contributed by atoms with Crippen LogP contribution in [0.1, 0.15) is 129 Å². The lowest BCUT2D eigenvalue weighted by atomic mass is 9.99. The summed E-state index contributed by atoms with van der Waals surface area (Å²) in [6.45, 7) is 22.9. The topological polar surface area (TPSA) is 29.5 Å². The van der Waals surface area contributed by atoms with E-state index in [1.54, 1.807) is 0 Å². The average molecular weight is 760 g/mol. The van der Waals surface area contributed by atoms with Gasteiger partial charge in [0, 0.05) is 31.8 Å². The van der Waals surface area contributed by atoms with Crippen LogP contribution in [0.15, 0.2) is 72.8 Å². The van der Waals surface area contributed by atoms with Crippen molar-refractivity contribution in [2.24, 2.45) is 0 Å². The molecule has 2 aliphatic heterocycles. The van der Waals surface area contributed by atoms with Crippen LogP contribution >= 0.6 is 25.8 Å². The third kappa shape index (κ3) is 10.5. The molecule has 2 heterocycles. The van der Waals surface area contributed by atoms with E-state index in [4.69, 9.17) is 16.0 Å². The van der Waals surface area contributed by atoms with E-state index in [1.807, 2.05) is 32.6 Å². The zero-order valence-corrected chi connectivity index (χ0v) is 36.6. The predicted octanol–water partition coefficient (Wildman–Crippen LogP) is 14.5. The van der Waals surface area contributed by atoms with Crippen LogP contribution < -0.4 is 0 Å². The second-order valence-electron chi connectivity index (χ2n) is 15.5. The maximum atomic E-state index is 14.3. The molecule has 52 heavy (non-hydrogen) atoms. The van der Waals surface area contributed by atoms with Gasteiger partial charge in [-0.05, 0) is 131 Å². The van der Waals surface area contributed by atoms with Crippen LogP contribution in [-0.4, -0.2) is 32.0 Å². The number of rotatable bonds is 7. The van der Waals surface area contributed by atoms with Crippen molar-refractivity contribution in [3.63, 3.8) is 0 Å². The molecule has 2 saturated heterocycles. The van der Waals surface area contributed by atoms with E-state index >= 15 is 0 Å². The highest BCUT2D eigenvalue weighted by atomic mass is 35.7. The van der Waals surface area contributed by atoms with Gasteiger partial charge in [0.05, 0.1) is 11.3 Å². The smallest absolute Gasteiger partial charge is 0.164 e. The van der Waals surface area contributed by atoms with Crippen molar-refractivity contribution in [3.8, 4) is 0 Å². The van der Waals surface area contributed by atoms with Crippen molar-refractivity contribution in [2.75, 3.05) is 27.3 Å². The fraction of sp³-hybridized carbons (Fsp3) is 0.478. The van der Waals surface area contributed by atoms with E-state index in [9.17, 15) is 4.57 Å². The van der Waals surface area contributed by atoms with E-state index in [1.165, 1.54) is 79.6 Å². The van der Waals surface area contributed by atoms with Gasteiger partial charge in [-0.25, -0.2) is 0 Å². The lowest BCUT2D eigenvalue weighted by Gasteiger charge is -2.32. The summed E-state index contributed by atoms with van der Waals surface area (Å²) in [5.41, 5.74) is 17.2. The van der Waals surface area contributed by atoms with E-state index < -0.39 is 14.6 Å². The molecule has 4 aromatic carbocycles. The molecular weight excluding hydrogens is 696 g/mol. The van der Waals surface area contributed by atoms with Crippen molar-refractivity contribution in [2.45, 2.75) is 118 Å². The lowest BCUT2D eigenvalue weighted by molar-refractivity contribution is 0.162. The molecule has 4 aromatic rings. The van der Waals surface area contributed by atoms with Crippen LogP contribution in [0.5, 0.6) is 0 Å². The first-order chi connectivity index (χ1) is 24.6. The van der Waals surface area contributed by atoms with Gasteiger partial charge in [0.2, 0.25) is 0 Å². The van der Waals surface area contributed by atoms with E-state index in [2.05, 4.69) is 128 Å². The van der Waals surface area contributed by atoms with E-state index in [0.717, 1.165) is 26.1 Å². The SMILES string of the molecule is CCOCC.Cc1cc(C)cc([C@@H]2CC[C@@H](c3cc(C)cc(C)c3)P2(=O)N(C)C)c1.Cc1cc(C)cc([C@@H]2CC[C@@H](c3cc(C)cc(C)c3)P2Cl)c1. The normalized spacial score (nSPS) is 21.0. The van der Waals surface area contributed by atoms with Crippen LogP contribution in [0.3, 0.4) is 0 Å². The Morgan fingerprint density at radius 3 is 1.04 bits per heavy atom. The number of ether oxygens (including phenoxy) is 1. The first-order valence-corrected chi connectivity index (χ1v) is 23.4. The minimum atomic E-state index is -2.55. The number of hydrogen-bond donors (Lipinski definition) is 0. The minimum absolute atomic E-state index is 0.131. The maximum Gasteiger partial charge on any atom is 0.164 e. The summed E-state index contributed by atoms with van der Waals surface area (Å²) in [5.74, 6) is 0. The molecule has 0 N–H and O–H groups in total. The Kier molecular flexibility index (Phi) is 15.4. The fourth-order valence-corrected chi connectivity index (χ4v) is 15.7. The second-order valence-corrected chi connectivity index (χ2v) is 22.0. The van der Waals surface area contributed by atoms with Gasteiger partial charge in [0.1, 0.15) is 0 Å². The van der Waals surface area contributed by atoms with Crippen molar-refractivity contribution >= 4 is 25.8 Å². The summed E-state index contributed by atoms with van der Waals surface area (Å²) in [4.78, 5) is 0. The van der Waals surface area contributed by atoms with Crippen molar-refractivity contribution in [1.82, 2.24) is 4.67 Å². The molecule has 6 rings (SSSR count). The third-order valence-corrected chi connectivity index (χ3v) is 18.3. The first-order valence-electron chi connectivity index (χ1n) is 19.2. The van der Waals surface area contributed by atoms with Crippen LogP contribution in [-0.2, 0) is 9.30 Å². The summed E-state index contributed by atoms with van der Waals surface area (Å²) >= 11 is 6.99. The quantitative estimate of drug-likeness (QED) is 0.176. The van der Waals surface area contributed by atoms with Crippen molar-refractivity contribution < 1.29 is 9.30 Å². The van der Waals surface area contributed by atoms with Crippen LogP contribution in [0, 0.1) is 55.4 Å². The Bertz CT molecular complexity index is 1650. The molecule has 282 valence electrons. The molecule has 0 aliphatic carbocycles. The van der Waals surface area contributed by atoms with E-state index in [-0.39, 0.29) is 11.3 Å². The summed E-state index contributed by atoms with van der Waals surface area (Å²) in [6.07, 6.45) is 4.43. The van der Waals surface area contributed by atoms with Gasteiger partial charge in [0.15, 0.2) is 7.29 Å². The minimum Gasteiger partial charge on any atom is -0.382 e. The number of nitrogens with zero attached hydrogens (tertiary/aromatic N) is 1. The van der Waals surface area contributed by atoms with Gasteiger partial charge < -0.3 is 9.30 Å². The molecule has 0 radical (unpaired) electrons. The molecule has 0 unspecified atom stereocenters. The molecule has 0 spiro atoms. The predicted molar refractivity (Wildman–Crippen MR) is 229 cm³/mol. The Morgan fingerprint density at radius 1 is 0.538 bits per heavy atom. The van der Waals surface area contributed by atoms with E-state index in [0.29, 0.717) is 11.3 Å². The third-order valence-electron chi connectivity index (χ3n) is 10.5. The summed E-state index contributed by atoms with van der Waals surface area (Å²) in [7, 11) is 0.921. The van der Waals surface area contributed by atoms with Crippen LogP contribution in [0.4, 0.5) is 0 Å². The number of halogens is 1. The Hall–Kier alpha value is -2.25. The number of aryl methyl sites for hydroxylation is 8. The molecule has 3 nitrogen and oxygen atoms in total. The molecule has 4 atom stereocenters. The largest absolute Gasteiger partial charge is 0.382 e. The van der Waals surface area contributed by atoms with Gasteiger partial charge in [0.25, 0.3) is 0 Å². The zero-order chi connectivity index (χ0) is 38.3.